The van der Waals surface area contributed by atoms with Gasteiger partial charge in [-0.2, -0.15) is 0 Å². The largest absolute Gasteiger partial charge is 0.465 e. The molecule has 0 amide bonds. The number of fused-ring (bicyclic) bond motifs is 1. The molecule has 0 bridgehead atoms. The highest BCUT2D eigenvalue weighted by atomic mass is 16.5. The zero-order valence-corrected chi connectivity index (χ0v) is 12.9. The van der Waals surface area contributed by atoms with E-state index in [1.165, 1.54) is 45.6 Å². The number of likely N-dealkylation sites (tertiary alicyclic amines) is 1. The van der Waals surface area contributed by atoms with E-state index in [0.717, 1.165) is 36.2 Å². The molecule has 1 saturated carbocycles. The maximum absolute atomic E-state index is 11.9. The lowest BCUT2D eigenvalue weighted by atomic mass is 9.78. The molecule has 2 atom stereocenters. The van der Waals surface area contributed by atoms with Gasteiger partial charge in [-0.1, -0.05) is 31.0 Å². The predicted molar refractivity (Wildman–Crippen MR) is 83.2 cm³/mol. The normalized spacial score (nSPS) is 26.1. The Morgan fingerprint density at radius 3 is 2.81 bits per heavy atom. The molecular formula is C18H25NO2. The van der Waals surface area contributed by atoms with E-state index in [-0.39, 0.29) is 5.97 Å². The summed E-state index contributed by atoms with van der Waals surface area (Å²) in [4.78, 5) is 14.5. The predicted octanol–water partition coefficient (Wildman–Crippen LogP) is 3.63. The van der Waals surface area contributed by atoms with Crippen LogP contribution in [0.25, 0.3) is 0 Å². The van der Waals surface area contributed by atoms with Gasteiger partial charge in [-0.25, -0.2) is 4.79 Å². The number of carbonyl (C=O) groups excluding carboxylic acids is 1. The van der Waals surface area contributed by atoms with Crippen molar-refractivity contribution < 1.29 is 9.53 Å². The molecule has 2 aliphatic rings. The van der Waals surface area contributed by atoms with Crippen LogP contribution in [-0.4, -0.2) is 30.6 Å². The Kier molecular flexibility index (Phi) is 4.59. The summed E-state index contributed by atoms with van der Waals surface area (Å²) in [6.45, 7) is 2.04. The molecule has 1 aliphatic carbocycles. The van der Waals surface area contributed by atoms with E-state index in [1.54, 1.807) is 0 Å². The molecule has 1 aromatic rings. The fourth-order valence-electron chi connectivity index (χ4n) is 4.11. The van der Waals surface area contributed by atoms with Gasteiger partial charge < -0.3 is 4.74 Å². The van der Waals surface area contributed by atoms with E-state index in [1.807, 2.05) is 18.2 Å². The quantitative estimate of drug-likeness (QED) is 0.795. The van der Waals surface area contributed by atoms with Gasteiger partial charge in [-0.3, -0.25) is 4.90 Å². The third kappa shape index (κ3) is 3.13. The maximum Gasteiger partial charge on any atom is 0.338 e. The number of rotatable bonds is 3. The summed E-state index contributed by atoms with van der Waals surface area (Å²) in [5.41, 5.74) is 1.83. The number of carbonyl (C=O) groups is 1. The molecule has 21 heavy (non-hydrogen) atoms. The average Bonchev–Trinajstić information content (AvgIpc) is 2.55. The molecule has 1 aliphatic heterocycles. The third-order valence-corrected chi connectivity index (χ3v) is 5.15. The average molecular weight is 287 g/mol. The molecule has 1 aromatic carbocycles. The van der Waals surface area contributed by atoms with Gasteiger partial charge >= 0.3 is 5.97 Å². The lowest BCUT2D eigenvalue weighted by Crippen LogP contribution is -2.46. The van der Waals surface area contributed by atoms with Crippen LogP contribution >= 0.6 is 0 Å². The standard InChI is InChI=1S/C18H25NO2/c1-21-18(20)16-10-4-2-8-15(16)13-19-12-6-9-14-7-3-5-11-17(14)19/h2,4,8,10,14,17H,3,5-7,9,11-13H2,1H3. The second-order valence-corrected chi connectivity index (χ2v) is 6.37. The highest BCUT2D eigenvalue weighted by molar-refractivity contribution is 5.90. The van der Waals surface area contributed by atoms with Crippen molar-refractivity contribution in [2.45, 2.75) is 51.1 Å². The monoisotopic (exact) mass is 287 g/mol. The van der Waals surface area contributed by atoms with E-state index in [9.17, 15) is 4.79 Å². The fraction of sp³-hybridized carbons (Fsp3) is 0.611. The van der Waals surface area contributed by atoms with Crippen molar-refractivity contribution in [1.29, 1.82) is 0 Å². The molecule has 1 saturated heterocycles. The number of ether oxygens (including phenoxy) is 1. The summed E-state index contributed by atoms with van der Waals surface area (Å²) < 4.78 is 4.92. The number of methoxy groups -OCH3 is 1. The van der Waals surface area contributed by atoms with Crippen LogP contribution in [0.15, 0.2) is 24.3 Å². The fourth-order valence-corrected chi connectivity index (χ4v) is 4.11. The number of nitrogens with zero attached hydrogens (tertiary/aromatic N) is 1. The lowest BCUT2D eigenvalue weighted by Gasteiger charge is -2.44. The Labute approximate surface area is 127 Å². The smallest absolute Gasteiger partial charge is 0.338 e. The Bertz CT molecular complexity index is 498. The molecule has 3 heteroatoms. The lowest BCUT2D eigenvalue weighted by molar-refractivity contribution is 0.0522. The molecule has 1 heterocycles. The van der Waals surface area contributed by atoms with Crippen LogP contribution in [-0.2, 0) is 11.3 Å². The van der Waals surface area contributed by atoms with Crippen LogP contribution in [0.5, 0.6) is 0 Å². The van der Waals surface area contributed by atoms with Crippen LogP contribution in [0.4, 0.5) is 0 Å². The van der Waals surface area contributed by atoms with Crippen molar-refractivity contribution in [1.82, 2.24) is 4.90 Å². The van der Waals surface area contributed by atoms with Crippen LogP contribution in [0, 0.1) is 5.92 Å². The van der Waals surface area contributed by atoms with E-state index >= 15 is 0 Å². The third-order valence-electron chi connectivity index (χ3n) is 5.15. The van der Waals surface area contributed by atoms with Crippen LogP contribution in [0.2, 0.25) is 0 Å². The van der Waals surface area contributed by atoms with E-state index in [4.69, 9.17) is 4.74 Å². The van der Waals surface area contributed by atoms with Crippen LogP contribution in [0.3, 0.4) is 0 Å². The van der Waals surface area contributed by atoms with Gasteiger partial charge in [0, 0.05) is 12.6 Å². The van der Waals surface area contributed by atoms with Crippen molar-refractivity contribution in [3.05, 3.63) is 35.4 Å². The number of hydrogen-bond donors (Lipinski definition) is 0. The van der Waals surface area contributed by atoms with Gasteiger partial charge in [-0.15, -0.1) is 0 Å². The number of piperidine rings is 1. The molecular weight excluding hydrogens is 262 g/mol. The van der Waals surface area contributed by atoms with Gasteiger partial charge in [0.15, 0.2) is 0 Å². The first kappa shape index (κ1) is 14.6. The summed E-state index contributed by atoms with van der Waals surface area (Å²) >= 11 is 0. The minimum Gasteiger partial charge on any atom is -0.465 e. The van der Waals surface area contributed by atoms with Crippen molar-refractivity contribution in [3.63, 3.8) is 0 Å². The Morgan fingerprint density at radius 1 is 1.19 bits per heavy atom. The first-order valence-corrected chi connectivity index (χ1v) is 8.20. The molecule has 0 radical (unpaired) electrons. The molecule has 114 valence electrons. The summed E-state index contributed by atoms with van der Waals surface area (Å²) in [6, 6.07) is 8.60. The minimum atomic E-state index is -0.220. The minimum absolute atomic E-state index is 0.220. The van der Waals surface area contributed by atoms with Crippen LogP contribution < -0.4 is 0 Å². The summed E-state index contributed by atoms with van der Waals surface area (Å²) in [5, 5.41) is 0. The topological polar surface area (TPSA) is 29.5 Å². The highest BCUT2D eigenvalue weighted by Gasteiger charge is 2.33. The van der Waals surface area contributed by atoms with E-state index < -0.39 is 0 Å². The second-order valence-electron chi connectivity index (χ2n) is 6.37. The molecule has 3 nitrogen and oxygen atoms in total. The van der Waals surface area contributed by atoms with Gasteiger partial charge in [-0.05, 0) is 49.8 Å². The van der Waals surface area contributed by atoms with E-state index in [2.05, 4.69) is 11.0 Å². The van der Waals surface area contributed by atoms with Crippen molar-refractivity contribution >= 4 is 5.97 Å². The zero-order valence-electron chi connectivity index (χ0n) is 12.9. The molecule has 2 fully saturated rings. The van der Waals surface area contributed by atoms with Crippen LogP contribution in [0.1, 0.15) is 54.4 Å². The number of hydrogen-bond acceptors (Lipinski definition) is 3. The second kappa shape index (κ2) is 6.61. The van der Waals surface area contributed by atoms with Gasteiger partial charge in [0.2, 0.25) is 0 Å². The molecule has 0 spiro atoms. The number of esters is 1. The molecule has 2 unspecified atom stereocenters. The number of benzene rings is 1. The molecule has 3 rings (SSSR count). The van der Waals surface area contributed by atoms with Crippen molar-refractivity contribution in [3.8, 4) is 0 Å². The summed E-state index contributed by atoms with van der Waals surface area (Å²) in [6.07, 6.45) is 8.15. The zero-order chi connectivity index (χ0) is 14.7. The first-order chi connectivity index (χ1) is 10.3. The Hall–Kier alpha value is -1.35. The first-order valence-electron chi connectivity index (χ1n) is 8.20. The Balaban J connectivity index is 1.78. The summed E-state index contributed by atoms with van der Waals surface area (Å²) in [5.74, 6) is 0.653. The Morgan fingerprint density at radius 2 is 1.95 bits per heavy atom. The van der Waals surface area contributed by atoms with Crippen molar-refractivity contribution in [2.24, 2.45) is 5.92 Å². The molecule has 0 aromatic heterocycles. The van der Waals surface area contributed by atoms with Gasteiger partial charge in [0.1, 0.15) is 0 Å². The van der Waals surface area contributed by atoms with E-state index in [0.29, 0.717) is 0 Å². The van der Waals surface area contributed by atoms with Gasteiger partial charge in [0.25, 0.3) is 0 Å². The summed E-state index contributed by atoms with van der Waals surface area (Å²) in [7, 11) is 1.46. The SMILES string of the molecule is COC(=O)c1ccccc1CN1CCCC2CCCCC21. The van der Waals surface area contributed by atoms with Crippen molar-refractivity contribution in [2.75, 3.05) is 13.7 Å². The maximum atomic E-state index is 11.9. The highest BCUT2D eigenvalue weighted by Crippen LogP contribution is 2.36. The van der Waals surface area contributed by atoms with Gasteiger partial charge in [0.05, 0.1) is 12.7 Å². The molecule has 0 N–H and O–H groups in total.